The van der Waals surface area contributed by atoms with Crippen LogP contribution in [0.5, 0.6) is 11.5 Å². The fourth-order valence-corrected chi connectivity index (χ4v) is 1.04. The minimum absolute atomic E-state index is 0.134. The van der Waals surface area contributed by atoms with Crippen LogP contribution in [0, 0.1) is 0 Å². The number of hydrogen-bond donors (Lipinski definition) is 1. The number of phenolic OH excluding ortho intramolecular Hbond substituents is 1. The van der Waals surface area contributed by atoms with Crippen LogP contribution in [-0.2, 0) is 0 Å². The van der Waals surface area contributed by atoms with Crippen LogP contribution in [0.2, 0.25) is 0 Å². The smallest absolute Gasteiger partial charge is 0.143 e. The van der Waals surface area contributed by atoms with Gasteiger partial charge in [0, 0.05) is 6.07 Å². The van der Waals surface area contributed by atoms with E-state index in [0.717, 1.165) is 12.8 Å². The molecule has 74 valence electrons. The van der Waals surface area contributed by atoms with E-state index in [-0.39, 0.29) is 5.75 Å². The first-order chi connectivity index (χ1) is 6.79. The van der Waals surface area contributed by atoms with Gasteiger partial charge >= 0.3 is 0 Å². The summed E-state index contributed by atoms with van der Waals surface area (Å²) in [6.07, 6.45) is 2.21. The lowest BCUT2D eigenvalue weighted by atomic mass is 10.3. The van der Waals surface area contributed by atoms with Crippen molar-refractivity contribution < 1.29 is 9.84 Å². The van der Waals surface area contributed by atoms with Crippen LogP contribution < -0.4 is 4.74 Å². The molecule has 0 aliphatic heterocycles. The van der Waals surface area contributed by atoms with E-state index in [0.29, 0.717) is 17.5 Å². The molecule has 1 aliphatic carbocycles. The molecule has 0 radical (unpaired) electrons. The summed E-state index contributed by atoms with van der Waals surface area (Å²) in [5, 5.41) is 17.5. The minimum Gasteiger partial charge on any atom is -0.506 e. The Morgan fingerprint density at radius 3 is 2.86 bits per heavy atom. The van der Waals surface area contributed by atoms with E-state index in [4.69, 9.17) is 4.74 Å². The van der Waals surface area contributed by atoms with Crippen molar-refractivity contribution in [2.45, 2.75) is 18.9 Å². The molecule has 4 nitrogen and oxygen atoms in total. The molecule has 2 rings (SSSR count). The van der Waals surface area contributed by atoms with E-state index < -0.39 is 0 Å². The second-order valence-electron chi connectivity index (χ2n) is 3.30. The van der Waals surface area contributed by atoms with Crippen molar-refractivity contribution >= 4 is 5.69 Å². The Hall–Kier alpha value is -1.58. The number of benzene rings is 1. The number of phenols is 1. The fourth-order valence-electron chi connectivity index (χ4n) is 1.04. The Morgan fingerprint density at radius 2 is 2.21 bits per heavy atom. The normalized spacial score (nSPS) is 16.1. The molecule has 14 heavy (non-hydrogen) atoms. The van der Waals surface area contributed by atoms with Gasteiger partial charge in [0.05, 0.1) is 13.2 Å². The van der Waals surface area contributed by atoms with E-state index in [1.165, 1.54) is 0 Å². The summed E-state index contributed by atoms with van der Waals surface area (Å²) >= 11 is 0. The molecule has 1 fully saturated rings. The topological polar surface area (TPSA) is 54.2 Å². The lowest BCUT2D eigenvalue weighted by molar-refractivity contribution is 0.412. The van der Waals surface area contributed by atoms with Gasteiger partial charge in [-0.05, 0) is 25.0 Å². The van der Waals surface area contributed by atoms with Crippen LogP contribution in [0.15, 0.2) is 28.4 Å². The molecule has 0 saturated heterocycles. The van der Waals surface area contributed by atoms with E-state index in [2.05, 4.69) is 10.2 Å². The van der Waals surface area contributed by atoms with E-state index in [9.17, 15) is 5.11 Å². The van der Waals surface area contributed by atoms with Gasteiger partial charge in [0.25, 0.3) is 0 Å². The molecular weight excluding hydrogens is 180 g/mol. The predicted octanol–water partition coefficient (Wildman–Crippen LogP) is 2.65. The molecule has 1 aromatic carbocycles. The third kappa shape index (κ3) is 2.02. The Morgan fingerprint density at radius 1 is 1.43 bits per heavy atom. The van der Waals surface area contributed by atoms with Crippen LogP contribution >= 0.6 is 0 Å². The monoisotopic (exact) mass is 192 g/mol. The molecule has 1 aliphatic rings. The van der Waals surface area contributed by atoms with Gasteiger partial charge in [-0.2, -0.15) is 10.2 Å². The van der Waals surface area contributed by atoms with E-state index >= 15 is 0 Å². The van der Waals surface area contributed by atoms with Gasteiger partial charge in [-0.25, -0.2) is 0 Å². The Balaban J connectivity index is 2.20. The van der Waals surface area contributed by atoms with E-state index in [1.54, 1.807) is 25.3 Å². The zero-order chi connectivity index (χ0) is 9.97. The predicted molar refractivity (Wildman–Crippen MR) is 52.2 cm³/mol. The Labute approximate surface area is 82.2 Å². The first kappa shape index (κ1) is 8.99. The van der Waals surface area contributed by atoms with Crippen molar-refractivity contribution in [3.8, 4) is 11.5 Å². The lowest BCUT2D eigenvalue weighted by Gasteiger charge is -2.01. The summed E-state index contributed by atoms with van der Waals surface area (Å²) in [6, 6.07) is 5.27. The van der Waals surface area contributed by atoms with Crippen LogP contribution in [-0.4, -0.2) is 18.3 Å². The van der Waals surface area contributed by atoms with Crippen LogP contribution in [0.4, 0.5) is 5.69 Å². The quantitative estimate of drug-likeness (QED) is 0.748. The SMILES string of the molecule is COc1ccc(O)c(N=NC2CC2)c1. The Bertz CT molecular complexity index is 359. The van der Waals surface area contributed by atoms with Crippen LogP contribution in [0.25, 0.3) is 0 Å². The lowest BCUT2D eigenvalue weighted by Crippen LogP contribution is -1.81. The first-order valence-corrected chi connectivity index (χ1v) is 4.57. The molecule has 1 aromatic rings. The van der Waals surface area contributed by atoms with Gasteiger partial charge in [0.1, 0.15) is 17.2 Å². The number of rotatable bonds is 3. The molecule has 0 spiro atoms. The Kier molecular flexibility index (Phi) is 2.35. The maximum atomic E-state index is 9.45. The molecule has 0 atom stereocenters. The molecule has 0 heterocycles. The number of nitrogens with zero attached hydrogens (tertiary/aromatic N) is 2. The van der Waals surface area contributed by atoms with Gasteiger partial charge < -0.3 is 9.84 Å². The van der Waals surface area contributed by atoms with Crippen molar-refractivity contribution in [2.24, 2.45) is 10.2 Å². The van der Waals surface area contributed by atoms with Gasteiger partial charge in [0.2, 0.25) is 0 Å². The van der Waals surface area contributed by atoms with Crippen molar-refractivity contribution in [1.82, 2.24) is 0 Å². The molecule has 0 unspecified atom stereocenters. The average molecular weight is 192 g/mol. The minimum atomic E-state index is 0.134. The summed E-state index contributed by atoms with van der Waals surface area (Å²) in [5.74, 6) is 0.808. The van der Waals surface area contributed by atoms with E-state index in [1.807, 2.05) is 0 Å². The molecule has 0 aromatic heterocycles. The number of hydrogen-bond acceptors (Lipinski definition) is 4. The fraction of sp³-hybridized carbons (Fsp3) is 0.400. The van der Waals surface area contributed by atoms with Crippen LogP contribution in [0.3, 0.4) is 0 Å². The summed E-state index contributed by atoms with van der Waals surface area (Å²) in [7, 11) is 1.58. The van der Waals surface area contributed by atoms with Crippen LogP contribution in [0.1, 0.15) is 12.8 Å². The van der Waals surface area contributed by atoms with Gasteiger partial charge in [0.15, 0.2) is 0 Å². The molecule has 0 bridgehead atoms. The largest absolute Gasteiger partial charge is 0.506 e. The summed E-state index contributed by atoms with van der Waals surface area (Å²) in [5.41, 5.74) is 0.469. The standard InChI is InChI=1S/C10H12N2O2/c1-14-8-4-5-10(13)9(6-8)12-11-7-2-3-7/h4-7,13H,2-3H2,1H3. The highest BCUT2D eigenvalue weighted by Crippen LogP contribution is 2.33. The molecule has 1 saturated carbocycles. The molecule has 0 amide bonds. The highest BCUT2D eigenvalue weighted by molar-refractivity contribution is 5.54. The summed E-state index contributed by atoms with van der Waals surface area (Å²) in [4.78, 5) is 0. The summed E-state index contributed by atoms with van der Waals surface area (Å²) in [6.45, 7) is 0. The number of methoxy groups -OCH3 is 1. The van der Waals surface area contributed by atoms with Gasteiger partial charge in [-0.1, -0.05) is 0 Å². The van der Waals surface area contributed by atoms with Crippen molar-refractivity contribution in [2.75, 3.05) is 7.11 Å². The zero-order valence-electron chi connectivity index (χ0n) is 7.97. The first-order valence-electron chi connectivity index (χ1n) is 4.57. The number of azo groups is 1. The second kappa shape index (κ2) is 3.65. The van der Waals surface area contributed by atoms with Gasteiger partial charge in [-0.3, -0.25) is 0 Å². The molecular formula is C10H12N2O2. The maximum Gasteiger partial charge on any atom is 0.143 e. The van der Waals surface area contributed by atoms with Crippen molar-refractivity contribution in [3.05, 3.63) is 18.2 Å². The molecule has 4 heteroatoms. The number of ether oxygens (including phenoxy) is 1. The number of aromatic hydroxyl groups is 1. The highest BCUT2D eigenvalue weighted by atomic mass is 16.5. The third-order valence-corrected chi connectivity index (χ3v) is 2.06. The average Bonchev–Trinajstić information content (AvgIpc) is 3.00. The molecule has 1 N–H and O–H groups in total. The third-order valence-electron chi connectivity index (χ3n) is 2.06. The van der Waals surface area contributed by atoms with Crippen molar-refractivity contribution in [1.29, 1.82) is 0 Å². The highest BCUT2D eigenvalue weighted by Gasteiger charge is 2.20. The van der Waals surface area contributed by atoms with Crippen molar-refractivity contribution in [3.63, 3.8) is 0 Å². The summed E-state index contributed by atoms with van der Waals surface area (Å²) < 4.78 is 5.02. The zero-order valence-corrected chi connectivity index (χ0v) is 7.97. The van der Waals surface area contributed by atoms with Gasteiger partial charge in [-0.15, -0.1) is 0 Å². The maximum absolute atomic E-state index is 9.45. The second-order valence-corrected chi connectivity index (χ2v) is 3.30.